The van der Waals surface area contributed by atoms with E-state index in [0.717, 1.165) is 17.7 Å². The number of sulfonamides is 1. The van der Waals surface area contributed by atoms with Crippen LogP contribution in [0.3, 0.4) is 0 Å². The molecule has 13 heteroatoms. The monoisotopic (exact) mass is 588 g/mol. The summed E-state index contributed by atoms with van der Waals surface area (Å²) in [6.45, 7) is 2.04. The Bertz CT molecular complexity index is 1690. The van der Waals surface area contributed by atoms with Crippen molar-refractivity contribution in [1.82, 2.24) is 14.8 Å². The Kier molecular flexibility index (Phi) is 7.82. The summed E-state index contributed by atoms with van der Waals surface area (Å²) >= 11 is 0. The molecule has 4 aromatic rings. The number of nitrogens with one attached hydrogen (secondary N) is 1. The predicted octanol–water partition coefficient (Wildman–Crippen LogP) is 5.03. The number of aromatic nitrogens is 1. The average molecular weight is 589 g/mol. The fraction of sp³-hybridized carbons (Fsp3) is 0.214. The van der Waals surface area contributed by atoms with E-state index in [1.54, 1.807) is 30.3 Å². The van der Waals surface area contributed by atoms with Gasteiger partial charge >= 0.3 is 6.36 Å². The number of rotatable bonds is 7. The number of carbonyl (C=O) groups is 1. The van der Waals surface area contributed by atoms with Gasteiger partial charge in [-0.1, -0.05) is 30.3 Å². The second-order valence-electron chi connectivity index (χ2n) is 9.39. The minimum atomic E-state index is -5.15. The molecule has 3 aromatic carbocycles. The van der Waals surface area contributed by atoms with Crippen LogP contribution in [0.1, 0.15) is 15.9 Å². The largest absolute Gasteiger partial charge is 0.573 e. The van der Waals surface area contributed by atoms with E-state index in [9.17, 15) is 30.8 Å². The van der Waals surface area contributed by atoms with E-state index in [0.29, 0.717) is 38.1 Å². The van der Waals surface area contributed by atoms with Gasteiger partial charge in [-0.3, -0.25) is 19.4 Å². The molecule has 8 nitrogen and oxygen atoms in total. The second-order valence-corrected chi connectivity index (χ2v) is 11.0. The van der Waals surface area contributed by atoms with Crippen molar-refractivity contribution in [2.75, 3.05) is 30.9 Å². The van der Waals surface area contributed by atoms with E-state index >= 15 is 0 Å². The predicted molar refractivity (Wildman–Crippen MR) is 143 cm³/mol. The van der Waals surface area contributed by atoms with Crippen LogP contribution in [0.2, 0.25) is 0 Å². The lowest BCUT2D eigenvalue weighted by Crippen LogP contribution is -2.48. The minimum Gasteiger partial charge on any atom is -0.404 e. The lowest BCUT2D eigenvalue weighted by Gasteiger charge is -2.35. The van der Waals surface area contributed by atoms with E-state index in [-0.39, 0.29) is 21.8 Å². The molecule has 1 fully saturated rings. The summed E-state index contributed by atoms with van der Waals surface area (Å²) in [5, 5.41) is 0.527. The van der Waals surface area contributed by atoms with Crippen LogP contribution in [0.25, 0.3) is 10.9 Å². The molecule has 1 aliphatic heterocycles. The fourth-order valence-corrected chi connectivity index (χ4v) is 5.88. The Labute approximate surface area is 233 Å². The Hall–Kier alpha value is -4.23. The van der Waals surface area contributed by atoms with Gasteiger partial charge < -0.3 is 9.64 Å². The van der Waals surface area contributed by atoms with Gasteiger partial charge in [-0.15, -0.1) is 13.2 Å². The maximum absolute atomic E-state index is 13.5. The average Bonchev–Trinajstić information content (AvgIpc) is 2.93. The van der Waals surface area contributed by atoms with Crippen LogP contribution in [-0.2, 0) is 16.6 Å². The van der Waals surface area contributed by atoms with Gasteiger partial charge in [-0.05, 0) is 48.0 Å². The van der Waals surface area contributed by atoms with E-state index < -0.39 is 33.7 Å². The molecule has 214 valence electrons. The Balaban J connectivity index is 1.34. The highest BCUT2D eigenvalue weighted by Gasteiger charge is 2.34. The normalized spacial score (nSPS) is 14.7. The third-order valence-corrected chi connectivity index (χ3v) is 7.94. The summed E-state index contributed by atoms with van der Waals surface area (Å²) in [5.74, 6) is -1.74. The number of amides is 1. The smallest absolute Gasteiger partial charge is 0.404 e. The number of halogens is 4. The molecule has 2 heterocycles. The first-order chi connectivity index (χ1) is 19.5. The number of carbonyl (C=O) groups excluding carboxylic acids is 1. The summed E-state index contributed by atoms with van der Waals surface area (Å²) in [6, 6.07) is 17.1. The van der Waals surface area contributed by atoms with E-state index in [4.69, 9.17) is 0 Å². The highest BCUT2D eigenvalue weighted by atomic mass is 32.2. The summed E-state index contributed by atoms with van der Waals surface area (Å²) < 4.78 is 86.0. The molecule has 0 spiro atoms. The maximum atomic E-state index is 13.5. The van der Waals surface area contributed by atoms with Gasteiger partial charge in [0, 0.05) is 49.9 Å². The molecule has 0 atom stereocenters. The topological polar surface area (TPSA) is 91.8 Å². The van der Waals surface area contributed by atoms with Crippen LogP contribution in [-0.4, -0.2) is 61.7 Å². The van der Waals surface area contributed by atoms with Gasteiger partial charge in [0.2, 0.25) is 0 Å². The zero-order valence-electron chi connectivity index (χ0n) is 21.4. The van der Waals surface area contributed by atoms with Crippen molar-refractivity contribution < 1.29 is 35.5 Å². The van der Waals surface area contributed by atoms with Crippen molar-refractivity contribution in [2.24, 2.45) is 0 Å². The number of pyridine rings is 1. The molecular formula is C28H24F4N4O4S. The molecule has 0 aliphatic carbocycles. The zero-order valence-corrected chi connectivity index (χ0v) is 22.3. The molecule has 1 N–H and O–H groups in total. The molecule has 0 unspecified atom stereocenters. The number of nitrogens with zero attached hydrogens (tertiary/aromatic N) is 3. The summed E-state index contributed by atoms with van der Waals surface area (Å²) in [4.78, 5) is 20.6. The lowest BCUT2D eigenvalue weighted by molar-refractivity contribution is -0.274. The maximum Gasteiger partial charge on any atom is 0.573 e. The van der Waals surface area contributed by atoms with Crippen LogP contribution in [0.5, 0.6) is 5.75 Å². The number of fused-ring (bicyclic) bond motifs is 1. The highest BCUT2D eigenvalue weighted by Crippen LogP contribution is 2.34. The molecule has 1 saturated heterocycles. The van der Waals surface area contributed by atoms with Crippen LogP contribution < -0.4 is 9.46 Å². The number of benzene rings is 3. The van der Waals surface area contributed by atoms with Crippen LogP contribution in [0.15, 0.2) is 83.9 Å². The third kappa shape index (κ3) is 6.74. The van der Waals surface area contributed by atoms with Gasteiger partial charge in [0.05, 0.1) is 11.2 Å². The number of anilines is 1. The lowest BCUT2D eigenvalue weighted by atomic mass is 10.1. The van der Waals surface area contributed by atoms with Gasteiger partial charge in [0.25, 0.3) is 15.9 Å². The Morgan fingerprint density at radius 3 is 2.41 bits per heavy atom. The summed E-state index contributed by atoms with van der Waals surface area (Å²) in [7, 11) is -4.39. The first-order valence-corrected chi connectivity index (χ1v) is 14.0. The molecule has 1 amide bonds. The van der Waals surface area contributed by atoms with Gasteiger partial charge in [-0.2, -0.15) is 0 Å². The molecular weight excluding hydrogens is 564 g/mol. The Morgan fingerprint density at radius 2 is 1.68 bits per heavy atom. The Morgan fingerprint density at radius 1 is 0.951 bits per heavy atom. The number of ether oxygens (including phenoxy) is 1. The standard InChI is InChI=1S/C28H24F4N4O4S/c29-22-7-1-4-19(16-22)18-35-12-14-36(15-13-35)27(37)21-9-10-23(24(17-21)40-28(30,31)32)34-41(38,39)25-8-2-5-20-6-3-11-33-26(20)25/h1-11,16-17,34H,12-15,18H2. The molecule has 0 saturated carbocycles. The molecule has 41 heavy (non-hydrogen) atoms. The zero-order chi connectivity index (χ0) is 29.2. The van der Waals surface area contributed by atoms with E-state index in [1.807, 2.05) is 4.90 Å². The van der Waals surface area contributed by atoms with Crippen LogP contribution in [0, 0.1) is 5.82 Å². The van der Waals surface area contributed by atoms with Gasteiger partial charge in [-0.25, -0.2) is 12.8 Å². The minimum absolute atomic E-state index is 0.0994. The van der Waals surface area contributed by atoms with Crippen molar-refractivity contribution in [1.29, 1.82) is 0 Å². The number of piperazine rings is 1. The van der Waals surface area contributed by atoms with Gasteiger partial charge in [0.1, 0.15) is 10.7 Å². The second kappa shape index (κ2) is 11.3. The van der Waals surface area contributed by atoms with Crippen molar-refractivity contribution in [2.45, 2.75) is 17.8 Å². The van der Waals surface area contributed by atoms with Gasteiger partial charge in [0.15, 0.2) is 5.75 Å². The van der Waals surface area contributed by atoms with Crippen molar-refractivity contribution in [3.63, 3.8) is 0 Å². The number of para-hydroxylation sites is 1. The SMILES string of the molecule is O=C(c1ccc(NS(=O)(=O)c2cccc3cccnc23)c(OC(F)(F)F)c1)N1CCN(Cc2cccc(F)c2)CC1. The summed E-state index contributed by atoms with van der Waals surface area (Å²) in [6.07, 6.45) is -3.74. The molecule has 0 radical (unpaired) electrons. The van der Waals surface area contributed by atoms with Crippen LogP contribution in [0.4, 0.5) is 23.2 Å². The van der Waals surface area contributed by atoms with Crippen molar-refractivity contribution in [3.8, 4) is 5.75 Å². The molecule has 1 aliphatic rings. The third-order valence-electron chi connectivity index (χ3n) is 6.54. The molecule has 5 rings (SSSR count). The van der Waals surface area contributed by atoms with Crippen molar-refractivity contribution >= 4 is 32.5 Å². The number of hydrogen-bond donors (Lipinski definition) is 1. The highest BCUT2D eigenvalue weighted by molar-refractivity contribution is 7.93. The van der Waals surface area contributed by atoms with E-state index in [2.05, 4.69) is 14.4 Å². The fourth-order valence-electron chi connectivity index (χ4n) is 4.63. The molecule has 1 aromatic heterocycles. The number of hydrogen-bond acceptors (Lipinski definition) is 6. The quantitative estimate of drug-likeness (QED) is 0.305. The van der Waals surface area contributed by atoms with E-state index in [1.165, 1.54) is 41.4 Å². The van der Waals surface area contributed by atoms with Crippen molar-refractivity contribution in [3.05, 3.63) is 95.9 Å². The first kappa shape index (κ1) is 28.3. The van der Waals surface area contributed by atoms with Crippen LogP contribution >= 0.6 is 0 Å². The first-order valence-electron chi connectivity index (χ1n) is 12.5. The summed E-state index contributed by atoms with van der Waals surface area (Å²) in [5.41, 5.74) is 0.337. The number of alkyl halides is 3. The molecule has 0 bridgehead atoms.